The van der Waals surface area contributed by atoms with Crippen molar-refractivity contribution in [1.29, 1.82) is 0 Å². The van der Waals surface area contributed by atoms with Crippen LogP contribution in [-0.2, 0) is 11.8 Å². The number of hydrogen-bond donors (Lipinski definition) is 1. The zero-order valence-electron chi connectivity index (χ0n) is 10.4. The summed E-state index contributed by atoms with van der Waals surface area (Å²) in [7, 11) is 1.76. The predicted molar refractivity (Wildman–Crippen MR) is 60.8 cm³/mol. The number of nitrogens with zero attached hydrogens (tertiary/aromatic N) is 2. The minimum atomic E-state index is -4.14. The summed E-state index contributed by atoms with van der Waals surface area (Å²) in [6.07, 6.45) is -2.11. The lowest BCUT2D eigenvalue weighted by molar-refractivity contribution is -0.139. The van der Waals surface area contributed by atoms with Crippen molar-refractivity contribution in [3.63, 3.8) is 0 Å². The highest BCUT2D eigenvalue weighted by atomic mass is 19.4. The van der Waals surface area contributed by atoms with Gasteiger partial charge in [-0.2, -0.15) is 18.3 Å². The molecule has 0 aromatic carbocycles. The molecule has 1 heterocycles. The minimum absolute atomic E-state index is 0.0284. The number of rotatable bonds is 6. The standard InChI is InChI=1S/C11H18F3N3O/c1-8(15)10(9-6-16-17(2)7-9)18-5-3-4-11(12,13)14/h6-8,10H,3-5,15H2,1-2H3. The van der Waals surface area contributed by atoms with E-state index in [0.29, 0.717) is 0 Å². The molecule has 18 heavy (non-hydrogen) atoms. The van der Waals surface area contributed by atoms with Crippen LogP contribution in [-0.4, -0.2) is 28.6 Å². The molecule has 1 rings (SSSR count). The van der Waals surface area contributed by atoms with Crippen LogP contribution in [0.3, 0.4) is 0 Å². The van der Waals surface area contributed by atoms with Crippen molar-refractivity contribution < 1.29 is 17.9 Å². The summed E-state index contributed by atoms with van der Waals surface area (Å²) in [5, 5.41) is 3.99. The maximum atomic E-state index is 12.0. The number of aryl methyl sites for hydroxylation is 1. The minimum Gasteiger partial charge on any atom is -0.372 e. The van der Waals surface area contributed by atoms with E-state index in [1.165, 1.54) is 0 Å². The topological polar surface area (TPSA) is 53.1 Å². The summed E-state index contributed by atoms with van der Waals surface area (Å²) < 4.78 is 42.9. The van der Waals surface area contributed by atoms with Gasteiger partial charge in [0.05, 0.1) is 6.20 Å². The van der Waals surface area contributed by atoms with Crippen LogP contribution in [0, 0.1) is 0 Å². The van der Waals surface area contributed by atoms with E-state index >= 15 is 0 Å². The largest absolute Gasteiger partial charge is 0.389 e. The Hall–Kier alpha value is -1.08. The monoisotopic (exact) mass is 265 g/mol. The third-order valence-corrected chi connectivity index (χ3v) is 2.43. The van der Waals surface area contributed by atoms with Crippen molar-refractivity contribution in [3.8, 4) is 0 Å². The van der Waals surface area contributed by atoms with E-state index in [0.717, 1.165) is 5.56 Å². The van der Waals surface area contributed by atoms with Gasteiger partial charge in [-0.05, 0) is 13.3 Å². The zero-order valence-corrected chi connectivity index (χ0v) is 10.4. The Bertz CT molecular complexity index is 363. The molecule has 0 aliphatic heterocycles. The molecular formula is C11H18F3N3O. The Morgan fingerprint density at radius 1 is 1.50 bits per heavy atom. The molecule has 0 amide bonds. The third kappa shape index (κ3) is 5.05. The van der Waals surface area contributed by atoms with Crippen molar-refractivity contribution in [1.82, 2.24) is 9.78 Å². The highest BCUT2D eigenvalue weighted by Crippen LogP contribution is 2.23. The van der Waals surface area contributed by atoms with Crippen LogP contribution in [0.5, 0.6) is 0 Å². The van der Waals surface area contributed by atoms with Gasteiger partial charge >= 0.3 is 6.18 Å². The summed E-state index contributed by atoms with van der Waals surface area (Å²) in [6.45, 7) is 1.78. The molecule has 2 unspecified atom stereocenters. The van der Waals surface area contributed by atoms with Crippen LogP contribution in [0.1, 0.15) is 31.4 Å². The lowest BCUT2D eigenvalue weighted by atomic mass is 10.1. The Morgan fingerprint density at radius 3 is 2.61 bits per heavy atom. The normalized spacial score (nSPS) is 15.7. The molecule has 2 N–H and O–H groups in total. The number of hydrogen-bond acceptors (Lipinski definition) is 3. The average Bonchev–Trinajstić information content (AvgIpc) is 2.62. The lowest BCUT2D eigenvalue weighted by Crippen LogP contribution is -2.27. The fourth-order valence-corrected chi connectivity index (χ4v) is 1.62. The van der Waals surface area contributed by atoms with Gasteiger partial charge in [-0.3, -0.25) is 4.68 Å². The van der Waals surface area contributed by atoms with Crippen LogP contribution in [0.15, 0.2) is 12.4 Å². The summed E-state index contributed by atoms with van der Waals surface area (Å²) >= 11 is 0. The Labute approximate surface area is 104 Å². The average molecular weight is 265 g/mol. The van der Waals surface area contributed by atoms with Gasteiger partial charge in [0.15, 0.2) is 0 Å². The Kier molecular flexibility index (Phi) is 5.15. The number of aromatic nitrogens is 2. The quantitative estimate of drug-likeness (QED) is 0.802. The van der Waals surface area contributed by atoms with Gasteiger partial charge in [0.2, 0.25) is 0 Å². The number of halogens is 3. The third-order valence-electron chi connectivity index (χ3n) is 2.43. The number of nitrogens with two attached hydrogens (primary N) is 1. The molecule has 0 aliphatic carbocycles. The second-order valence-electron chi connectivity index (χ2n) is 4.32. The molecule has 0 spiro atoms. The van der Waals surface area contributed by atoms with E-state index in [-0.39, 0.29) is 19.1 Å². The van der Waals surface area contributed by atoms with E-state index in [9.17, 15) is 13.2 Å². The molecule has 4 nitrogen and oxygen atoms in total. The predicted octanol–water partition coefficient (Wildman–Crippen LogP) is 2.17. The van der Waals surface area contributed by atoms with Crippen molar-refractivity contribution in [2.24, 2.45) is 12.8 Å². The van der Waals surface area contributed by atoms with Crippen LogP contribution >= 0.6 is 0 Å². The summed E-state index contributed by atoms with van der Waals surface area (Å²) in [5.74, 6) is 0. The highest BCUT2D eigenvalue weighted by molar-refractivity contribution is 5.10. The summed E-state index contributed by atoms with van der Waals surface area (Å²) in [4.78, 5) is 0. The van der Waals surface area contributed by atoms with Gasteiger partial charge in [-0.25, -0.2) is 0 Å². The Morgan fingerprint density at radius 2 is 2.17 bits per heavy atom. The second kappa shape index (κ2) is 6.19. The summed E-state index contributed by atoms with van der Waals surface area (Å²) in [6, 6.07) is -0.305. The van der Waals surface area contributed by atoms with Crippen molar-refractivity contribution in [2.45, 2.75) is 38.1 Å². The molecule has 0 bridgehead atoms. The first-order valence-electron chi connectivity index (χ1n) is 5.72. The van der Waals surface area contributed by atoms with Crippen LogP contribution in [0.25, 0.3) is 0 Å². The number of alkyl halides is 3. The van der Waals surface area contributed by atoms with Crippen molar-refractivity contribution in [3.05, 3.63) is 18.0 Å². The van der Waals surface area contributed by atoms with Crippen molar-refractivity contribution in [2.75, 3.05) is 6.61 Å². The number of ether oxygens (including phenoxy) is 1. The van der Waals surface area contributed by atoms with Gasteiger partial charge < -0.3 is 10.5 Å². The molecule has 104 valence electrons. The molecule has 0 saturated heterocycles. The molecule has 0 radical (unpaired) electrons. The van der Waals surface area contributed by atoms with E-state index in [1.807, 2.05) is 0 Å². The van der Waals surface area contributed by atoms with E-state index in [1.54, 1.807) is 31.0 Å². The van der Waals surface area contributed by atoms with Crippen molar-refractivity contribution >= 4 is 0 Å². The zero-order chi connectivity index (χ0) is 13.8. The van der Waals surface area contributed by atoms with Crippen LogP contribution in [0.2, 0.25) is 0 Å². The molecule has 7 heteroatoms. The fourth-order valence-electron chi connectivity index (χ4n) is 1.62. The lowest BCUT2D eigenvalue weighted by Gasteiger charge is -2.20. The van der Waals surface area contributed by atoms with Crippen LogP contribution < -0.4 is 5.73 Å². The smallest absolute Gasteiger partial charge is 0.372 e. The maximum Gasteiger partial charge on any atom is 0.389 e. The highest BCUT2D eigenvalue weighted by Gasteiger charge is 2.26. The Balaban J connectivity index is 2.45. The van der Waals surface area contributed by atoms with Gasteiger partial charge in [0, 0.05) is 37.9 Å². The molecule has 1 aromatic heterocycles. The SMILES string of the molecule is CC(N)C(OCCCC(F)(F)F)c1cnn(C)c1. The van der Waals surface area contributed by atoms with E-state index in [4.69, 9.17) is 10.5 Å². The first-order chi connectivity index (χ1) is 8.29. The molecule has 2 atom stereocenters. The van der Waals surface area contributed by atoms with E-state index < -0.39 is 18.7 Å². The van der Waals surface area contributed by atoms with Gasteiger partial charge in [-0.1, -0.05) is 0 Å². The molecule has 0 fully saturated rings. The van der Waals surface area contributed by atoms with Crippen LogP contribution in [0.4, 0.5) is 13.2 Å². The van der Waals surface area contributed by atoms with Gasteiger partial charge in [0.25, 0.3) is 0 Å². The second-order valence-corrected chi connectivity index (χ2v) is 4.32. The molecular weight excluding hydrogens is 247 g/mol. The van der Waals surface area contributed by atoms with Gasteiger partial charge in [-0.15, -0.1) is 0 Å². The maximum absolute atomic E-state index is 12.0. The summed E-state index contributed by atoms with van der Waals surface area (Å²) in [5.41, 5.74) is 6.54. The first kappa shape index (κ1) is 15.0. The molecule has 0 aliphatic rings. The first-order valence-corrected chi connectivity index (χ1v) is 5.72. The van der Waals surface area contributed by atoms with Gasteiger partial charge in [0.1, 0.15) is 6.10 Å². The molecule has 0 saturated carbocycles. The molecule has 1 aromatic rings. The fraction of sp³-hybridized carbons (Fsp3) is 0.727. The van der Waals surface area contributed by atoms with E-state index in [2.05, 4.69) is 5.10 Å².